The first kappa shape index (κ1) is 17.7. The fourth-order valence-electron chi connectivity index (χ4n) is 2.13. The SMILES string of the molecule is O=C1NC(=S)S/C1=C\c1ccc(OCC(=O)c2cccc(Cl)c2)cc1. The van der Waals surface area contributed by atoms with Gasteiger partial charge in [-0.15, -0.1) is 0 Å². The first-order valence-electron chi connectivity index (χ1n) is 7.28. The number of benzene rings is 2. The Hall–Kier alpha value is -2.15. The quantitative estimate of drug-likeness (QED) is 0.474. The van der Waals surface area contributed by atoms with Crippen molar-refractivity contribution in [3.63, 3.8) is 0 Å². The van der Waals surface area contributed by atoms with Crippen LogP contribution < -0.4 is 10.1 Å². The average molecular weight is 390 g/mol. The largest absolute Gasteiger partial charge is 0.485 e. The van der Waals surface area contributed by atoms with Crippen LogP contribution in [0.3, 0.4) is 0 Å². The maximum absolute atomic E-state index is 12.1. The van der Waals surface area contributed by atoms with Crippen molar-refractivity contribution in [2.24, 2.45) is 0 Å². The third kappa shape index (κ3) is 4.69. The highest BCUT2D eigenvalue weighted by Gasteiger charge is 2.21. The maximum atomic E-state index is 12.1. The predicted molar refractivity (Wildman–Crippen MR) is 104 cm³/mol. The normalized spacial score (nSPS) is 15.3. The Morgan fingerprint density at radius 2 is 2.00 bits per heavy atom. The highest BCUT2D eigenvalue weighted by Crippen LogP contribution is 2.26. The van der Waals surface area contributed by atoms with Crippen molar-refractivity contribution in [3.05, 3.63) is 69.6 Å². The maximum Gasteiger partial charge on any atom is 0.263 e. The summed E-state index contributed by atoms with van der Waals surface area (Å²) in [5.41, 5.74) is 1.35. The molecule has 1 aliphatic heterocycles. The Labute approximate surface area is 159 Å². The number of thioether (sulfide) groups is 1. The standard InChI is InChI=1S/C18H12ClNO3S2/c19-13-3-1-2-12(9-13)15(21)10-23-14-6-4-11(5-7-14)8-16-17(22)20-18(24)25-16/h1-9H,10H2,(H,20,22,24)/b16-8-. The topological polar surface area (TPSA) is 55.4 Å². The van der Waals surface area contributed by atoms with Gasteiger partial charge in [-0.3, -0.25) is 9.59 Å². The van der Waals surface area contributed by atoms with E-state index >= 15 is 0 Å². The number of nitrogens with one attached hydrogen (secondary N) is 1. The number of thiocarbonyl (C=S) groups is 1. The molecule has 0 atom stereocenters. The molecule has 2 aromatic rings. The molecule has 126 valence electrons. The molecule has 25 heavy (non-hydrogen) atoms. The summed E-state index contributed by atoms with van der Waals surface area (Å²) in [5.74, 6) is 0.222. The van der Waals surface area contributed by atoms with Crippen LogP contribution in [0.2, 0.25) is 5.02 Å². The summed E-state index contributed by atoms with van der Waals surface area (Å²) in [6, 6.07) is 13.8. The summed E-state index contributed by atoms with van der Waals surface area (Å²) in [5, 5.41) is 3.08. The molecular formula is C18H12ClNO3S2. The molecule has 1 fully saturated rings. The molecule has 0 spiro atoms. The second-order valence-electron chi connectivity index (χ2n) is 5.14. The Morgan fingerprint density at radius 1 is 1.24 bits per heavy atom. The molecule has 1 heterocycles. The van der Waals surface area contributed by atoms with E-state index in [1.165, 1.54) is 11.8 Å². The smallest absolute Gasteiger partial charge is 0.263 e. The van der Waals surface area contributed by atoms with Crippen LogP contribution in [0, 0.1) is 0 Å². The lowest BCUT2D eigenvalue weighted by molar-refractivity contribution is -0.115. The number of Topliss-reactive ketones (excluding diaryl/α,β-unsaturated/α-hetero) is 1. The first-order chi connectivity index (χ1) is 12.0. The fraction of sp³-hybridized carbons (Fsp3) is 0.0556. The number of hydrogen-bond donors (Lipinski definition) is 1. The number of carbonyl (C=O) groups excluding carboxylic acids is 2. The van der Waals surface area contributed by atoms with Crippen LogP contribution in [0.1, 0.15) is 15.9 Å². The van der Waals surface area contributed by atoms with E-state index in [0.29, 0.717) is 25.6 Å². The van der Waals surface area contributed by atoms with E-state index in [9.17, 15) is 9.59 Å². The van der Waals surface area contributed by atoms with E-state index in [2.05, 4.69) is 5.32 Å². The lowest BCUT2D eigenvalue weighted by Gasteiger charge is -2.06. The van der Waals surface area contributed by atoms with Gasteiger partial charge in [0.05, 0.1) is 4.91 Å². The Kier molecular flexibility index (Phi) is 5.53. The van der Waals surface area contributed by atoms with Crippen LogP contribution in [0.25, 0.3) is 6.08 Å². The third-order valence-electron chi connectivity index (χ3n) is 3.34. The third-order valence-corrected chi connectivity index (χ3v) is 4.73. The number of amides is 1. The van der Waals surface area contributed by atoms with Gasteiger partial charge in [0.25, 0.3) is 5.91 Å². The monoisotopic (exact) mass is 389 g/mol. The minimum atomic E-state index is -0.192. The molecule has 7 heteroatoms. The van der Waals surface area contributed by atoms with E-state index in [1.54, 1.807) is 54.6 Å². The Balaban J connectivity index is 1.61. The fourth-order valence-corrected chi connectivity index (χ4v) is 3.36. The summed E-state index contributed by atoms with van der Waals surface area (Å²) in [7, 11) is 0. The van der Waals surface area contributed by atoms with Crippen LogP contribution in [-0.2, 0) is 4.79 Å². The number of carbonyl (C=O) groups is 2. The molecule has 0 unspecified atom stereocenters. The minimum absolute atomic E-state index is 0.0761. The molecule has 1 saturated heterocycles. The molecule has 4 nitrogen and oxygen atoms in total. The van der Waals surface area contributed by atoms with Crippen molar-refractivity contribution < 1.29 is 14.3 Å². The number of ether oxygens (including phenoxy) is 1. The van der Waals surface area contributed by atoms with Gasteiger partial charge in [-0.2, -0.15) is 0 Å². The second kappa shape index (κ2) is 7.82. The molecule has 1 aliphatic rings. The predicted octanol–water partition coefficient (Wildman–Crippen LogP) is 4.09. The van der Waals surface area contributed by atoms with Gasteiger partial charge in [-0.05, 0) is 35.9 Å². The van der Waals surface area contributed by atoms with E-state index in [4.69, 9.17) is 28.6 Å². The molecule has 1 amide bonds. The zero-order valence-electron chi connectivity index (χ0n) is 12.8. The van der Waals surface area contributed by atoms with Crippen LogP contribution in [0.5, 0.6) is 5.75 Å². The molecule has 0 bridgehead atoms. The molecule has 1 N–H and O–H groups in total. The first-order valence-corrected chi connectivity index (χ1v) is 8.88. The van der Waals surface area contributed by atoms with E-state index in [0.717, 1.165) is 5.56 Å². The second-order valence-corrected chi connectivity index (χ2v) is 7.30. The van der Waals surface area contributed by atoms with Crippen LogP contribution >= 0.6 is 35.6 Å². The van der Waals surface area contributed by atoms with Crippen LogP contribution in [0.4, 0.5) is 0 Å². The van der Waals surface area contributed by atoms with Gasteiger partial charge in [0.2, 0.25) is 0 Å². The molecule has 0 aliphatic carbocycles. The van der Waals surface area contributed by atoms with Gasteiger partial charge in [-0.25, -0.2) is 0 Å². The summed E-state index contributed by atoms with van der Waals surface area (Å²) >= 11 is 12.1. The van der Waals surface area contributed by atoms with Crippen molar-refractivity contribution in [1.82, 2.24) is 5.32 Å². The number of hydrogen-bond acceptors (Lipinski definition) is 5. The zero-order chi connectivity index (χ0) is 17.8. The Morgan fingerprint density at radius 3 is 2.64 bits per heavy atom. The lowest BCUT2D eigenvalue weighted by atomic mass is 10.1. The van der Waals surface area contributed by atoms with E-state index in [1.807, 2.05) is 0 Å². The van der Waals surface area contributed by atoms with Crippen molar-refractivity contribution in [3.8, 4) is 5.75 Å². The number of ketones is 1. The number of rotatable bonds is 5. The van der Waals surface area contributed by atoms with Crippen molar-refractivity contribution in [2.45, 2.75) is 0 Å². The van der Waals surface area contributed by atoms with Crippen molar-refractivity contribution in [2.75, 3.05) is 6.61 Å². The molecule has 0 radical (unpaired) electrons. The van der Waals surface area contributed by atoms with E-state index < -0.39 is 0 Å². The molecule has 3 rings (SSSR count). The number of halogens is 1. The lowest BCUT2D eigenvalue weighted by Crippen LogP contribution is -2.17. The van der Waals surface area contributed by atoms with Crippen LogP contribution in [0.15, 0.2) is 53.4 Å². The van der Waals surface area contributed by atoms with E-state index in [-0.39, 0.29) is 18.3 Å². The summed E-state index contributed by atoms with van der Waals surface area (Å²) in [6.45, 7) is -0.0761. The van der Waals surface area contributed by atoms with Gasteiger partial charge >= 0.3 is 0 Å². The minimum Gasteiger partial charge on any atom is -0.485 e. The molecule has 0 saturated carbocycles. The summed E-state index contributed by atoms with van der Waals surface area (Å²) < 4.78 is 5.96. The zero-order valence-corrected chi connectivity index (χ0v) is 15.2. The molecule has 0 aromatic heterocycles. The van der Waals surface area contributed by atoms with Crippen LogP contribution in [-0.4, -0.2) is 22.6 Å². The van der Waals surface area contributed by atoms with Gasteiger partial charge in [-0.1, -0.05) is 59.8 Å². The van der Waals surface area contributed by atoms with Crippen molar-refractivity contribution in [1.29, 1.82) is 0 Å². The average Bonchev–Trinajstić information content (AvgIpc) is 2.91. The summed E-state index contributed by atoms with van der Waals surface area (Å²) in [6.07, 6.45) is 1.75. The highest BCUT2D eigenvalue weighted by atomic mass is 35.5. The van der Waals surface area contributed by atoms with Gasteiger partial charge in [0.1, 0.15) is 10.1 Å². The van der Waals surface area contributed by atoms with Gasteiger partial charge in [0, 0.05) is 10.6 Å². The van der Waals surface area contributed by atoms with Crippen molar-refractivity contribution >= 4 is 57.7 Å². The highest BCUT2D eigenvalue weighted by molar-refractivity contribution is 8.26. The Bertz CT molecular complexity index is 878. The summed E-state index contributed by atoms with van der Waals surface area (Å²) in [4.78, 5) is 24.3. The molecule has 2 aromatic carbocycles. The molecular weight excluding hydrogens is 378 g/mol. The van der Waals surface area contributed by atoms with Gasteiger partial charge in [0.15, 0.2) is 12.4 Å². The van der Waals surface area contributed by atoms with Gasteiger partial charge < -0.3 is 10.1 Å².